The number of hydrogen-bond acceptors (Lipinski definition) is 5. The van der Waals surface area contributed by atoms with Gasteiger partial charge in [0, 0.05) is 27.0 Å². The van der Waals surface area contributed by atoms with Gasteiger partial charge in [0.2, 0.25) is 5.91 Å². The maximum atomic E-state index is 11.7. The molecule has 0 aliphatic carbocycles. The average Bonchev–Trinajstić information content (AvgIpc) is 2.32. The van der Waals surface area contributed by atoms with Crippen LogP contribution in [0.3, 0.4) is 0 Å². The van der Waals surface area contributed by atoms with Gasteiger partial charge in [-0.25, -0.2) is 9.80 Å². The number of carboxylic acid groups (broad SMARTS) is 1. The van der Waals surface area contributed by atoms with Crippen molar-refractivity contribution in [3.8, 4) is 0 Å². The van der Waals surface area contributed by atoms with Crippen molar-refractivity contribution >= 4 is 23.5 Å². The highest BCUT2D eigenvalue weighted by Gasteiger charge is 2.23. The third-order valence-corrected chi connectivity index (χ3v) is 2.48. The lowest BCUT2D eigenvalue weighted by Gasteiger charge is -2.19. The van der Waals surface area contributed by atoms with Gasteiger partial charge < -0.3 is 15.2 Å². The van der Waals surface area contributed by atoms with Crippen LogP contribution in [0.4, 0.5) is 0 Å². The Kier molecular flexibility index (Phi) is 4.78. The predicted octanol–water partition coefficient (Wildman–Crippen LogP) is -1.19. The molecule has 0 aromatic heterocycles. The molecule has 0 bridgehead atoms. The number of rotatable bonds is 5. The molecule has 0 fully saturated rings. The smallest absolute Gasteiger partial charge is 0.334 e. The van der Waals surface area contributed by atoms with Crippen LogP contribution in [0.2, 0.25) is 0 Å². The molecule has 100 valence electrons. The van der Waals surface area contributed by atoms with E-state index in [0.29, 0.717) is 0 Å². The van der Waals surface area contributed by atoms with Crippen LogP contribution in [0.25, 0.3) is 0 Å². The summed E-state index contributed by atoms with van der Waals surface area (Å²) in [5.41, 5.74) is 0.206. The molecule has 1 atom stereocenters. The summed E-state index contributed by atoms with van der Waals surface area (Å²) in [6, 6.07) is 0. The summed E-state index contributed by atoms with van der Waals surface area (Å²) in [7, 11) is 2.71. The lowest BCUT2D eigenvalue weighted by Crippen LogP contribution is -2.42. The summed E-state index contributed by atoms with van der Waals surface area (Å²) >= 11 is 0. The van der Waals surface area contributed by atoms with E-state index < -0.39 is 18.0 Å². The van der Waals surface area contributed by atoms with Gasteiger partial charge in [0.15, 0.2) is 6.10 Å². The molecule has 0 saturated carbocycles. The Morgan fingerprint density at radius 1 is 1.56 bits per heavy atom. The van der Waals surface area contributed by atoms with Gasteiger partial charge in [-0.3, -0.25) is 9.59 Å². The molecule has 8 heteroatoms. The fourth-order valence-corrected chi connectivity index (χ4v) is 1.39. The van der Waals surface area contributed by atoms with Gasteiger partial charge in [-0.2, -0.15) is 5.10 Å². The quantitative estimate of drug-likeness (QED) is 0.643. The van der Waals surface area contributed by atoms with Gasteiger partial charge in [-0.05, 0) is 0 Å². The molecule has 0 saturated heterocycles. The summed E-state index contributed by atoms with van der Waals surface area (Å²) in [6.07, 6.45) is -0.632. The maximum Gasteiger partial charge on any atom is 0.334 e. The number of hydrazone groups is 1. The number of nitrogens with zero attached hydrogens (tertiary/aromatic N) is 2. The normalized spacial score (nSPS) is 17.1. The number of aliphatic carboxylic acids is 1. The van der Waals surface area contributed by atoms with Crippen LogP contribution in [-0.2, 0) is 19.1 Å². The zero-order valence-electron chi connectivity index (χ0n) is 10.2. The van der Waals surface area contributed by atoms with Crippen LogP contribution >= 0.6 is 0 Å². The first-order valence-corrected chi connectivity index (χ1v) is 5.33. The van der Waals surface area contributed by atoms with Crippen molar-refractivity contribution < 1.29 is 24.2 Å². The summed E-state index contributed by atoms with van der Waals surface area (Å²) in [6.45, 7) is -0.151. The van der Waals surface area contributed by atoms with Crippen LogP contribution < -0.4 is 5.32 Å². The Balaban J connectivity index is 2.54. The third-order valence-electron chi connectivity index (χ3n) is 2.48. The van der Waals surface area contributed by atoms with Gasteiger partial charge in [-0.1, -0.05) is 0 Å². The minimum absolute atomic E-state index is 0.151. The van der Waals surface area contributed by atoms with Crippen molar-refractivity contribution in [3.63, 3.8) is 0 Å². The van der Waals surface area contributed by atoms with Crippen molar-refractivity contribution in [2.45, 2.75) is 18.9 Å². The molecule has 1 aliphatic heterocycles. The SMILES string of the molecule is COC(CNC(=O)C1=NN(C)C(=O)CC1)C(=O)O. The number of carbonyl (C=O) groups excluding carboxylic acids is 2. The van der Waals surface area contributed by atoms with Gasteiger partial charge in [0.1, 0.15) is 5.71 Å². The van der Waals surface area contributed by atoms with E-state index >= 15 is 0 Å². The molecule has 1 aliphatic rings. The van der Waals surface area contributed by atoms with E-state index in [2.05, 4.69) is 15.2 Å². The second kappa shape index (κ2) is 6.10. The highest BCUT2D eigenvalue weighted by Crippen LogP contribution is 2.06. The number of carboxylic acids is 1. The summed E-state index contributed by atoms with van der Waals surface area (Å²) in [5, 5.41) is 16.0. The molecular formula is C10H15N3O5. The Labute approximate surface area is 104 Å². The second-order valence-electron chi connectivity index (χ2n) is 3.74. The van der Waals surface area contributed by atoms with Gasteiger partial charge in [0.25, 0.3) is 5.91 Å². The first-order chi connectivity index (χ1) is 8.45. The monoisotopic (exact) mass is 257 g/mol. The van der Waals surface area contributed by atoms with E-state index in [1.807, 2.05) is 0 Å². The highest BCUT2D eigenvalue weighted by atomic mass is 16.5. The standard InChI is InChI=1S/C10H15N3O5/c1-13-8(14)4-3-6(12-13)9(15)11-5-7(18-2)10(16)17/h7H,3-5H2,1-2H3,(H,11,15)(H,16,17). The van der Waals surface area contributed by atoms with E-state index in [1.165, 1.54) is 14.2 Å². The Morgan fingerprint density at radius 3 is 2.72 bits per heavy atom. The van der Waals surface area contributed by atoms with Crippen LogP contribution in [0.1, 0.15) is 12.8 Å². The van der Waals surface area contributed by atoms with Crippen molar-refractivity contribution in [2.75, 3.05) is 20.7 Å². The number of amides is 2. The molecular weight excluding hydrogens is 242 g/mol. The maximum absolute atomic E-state index is 11.7. The van der Waals surface area contributed by atoms with E-state index in [-0.39, 0.29) is 31.0 Å². The molecule has 0 aromatic rings. The lowest BCUT2D eigenvalue weighted by atomic mass is 10.1. The van der Waals surface area contributed by atoms with E-state index in [1.54, 1.807) is 0 Å². The molecule has 2 amide bonds. The summed E-state index contributed by atoms with van der Waals surface area (Å²) in [5.74, 6) is -1.81. The number of carbonyl (C=O) groups is 3. The topological polar surface area (TPSA) is 108 Å². The van der Waals surface area contributed by atoms with Gasteiger partial charge in [-0.15, -0.1) is 0 Å². The van der Waals surface area contributed by atoms with Crippen LogP contribution in [0.15, 0.2) is 5.10 Å². The molecule has 1 unspecified atom stereocenters. The molecule has 1 heterocycles. The first-order valence-electron chi connectivity index (χ1n) is 5.33. The number of hydrogen-bond donors (Lipinski definition) is 2. The largest absolute Gasteiger partial charge is 0.479 e. The minimum Gasteiger partial charge on any atom is -0.479 e. The molecule has 1 rings (SSSR count). The second-order valence-corrected chi connectivity index (χ2v) is 3.74. The van der Waals surface area contributed by atoms with Crippen molar-refractivity contribution in [1.29, 1.82) is 0 Å². The van der Waals surface area contributed by atoms with Crippen LogP contribution in [0.5, 0.6) is 0 Å². The van der Waals surface area contributed by atoms with Gasteiger partial charge >= 0.3 is 5.97 Å². The highest BCUT2D eigenvalue weighted by molar-refractivity contribution is 6.39. The zero-order valence-corrected chi connectivity index (χ0v) is 10.2. The van der Waals surface area contributed by atoms with E-state index in [9.17, 15) is 14.4 Å². The Hall–Kier alpha value is -1.96. The Morgan fingerprint density at radius 2 is 2.22 bits per heavy atom. The molecule has 2 N–H and O–H groups in total. The van der Waals surface area contributed by atoms with E-state index in [0.717, 1.165) is 5.01 Å². The van der Waals surface area contributed by atoms with Gasteiger partial charge in [0.05, 0.1) is 6.54 Å². The van der Waals surface area contributed by atoms with Crippen LogP contribution in [-0.4, -0.2) is 60.4 Å². The number of ether oxygens (including phenoxy) is 1. The summed E-state index contributed by atoms with van der Waals surface area (Å²) < 4.78 is 4.67. The average molecular weight is 257 g/mol. The first kappa shape index (κ1) is 14.1. The Bertz CT molecular complexity index is 393. The fourth-order valence-electron chi connectivity index (χ4n) is 1.39. The van der Waals surface area contributed by atoms with Crippen molar-refractivity contribution in [2.24, 2.45) is 5.10 Å². The molecule has 0 spiro atoms. The lowest BCUT2D eigenvalue weighted by molar-refractivity contribution is -0.148. The fraction of sp³-hybridized carbons (Fsp3) is 0.600. The molecule has 8 nitrogen and oxygen atoms in total. The molecule has 18 heavy (non-hydrogen) atoms. The summed E-state index contributed by atoms with van der Waals surface area (Å²) in [4.78, 5) is 33.5. The molecule has 0 aromatic carbocycles. The van der Waals surface area contributed by atoms with Crippen LogP contribution in [0, 0.1) is 0 Å². The number of nitrogens with one attached hydrogen (secondary N) is 1. The number of methoxy groups -OCH3 is 1. The van der Waals surface area contributed by atoms with E-state index in [4.69, 9.17) is 5.11 Å². The molecule has 0 radical (unpaired) electrons. The zero-order chi connectivity index (χ0) is 13.7. The third kappa shape index (κ3) is 3.52. The van der Waals surface area contributed by atoms with Crippen molar-refractivity contribution in [3.05, 3.63) is 0 Å². The van der Waals surface area contributed by atoms with Crippen molar-refractivity contribution in [1.82, 2.24) is 10.3 Å². The predicted molar refractivity (Wildman–Crippen MR) is 60.9 cm³/mol. The minimum atomic E-state index is -1.16.